The van der Waals surface area contributed by atoms with E-state index in [-0.39, 0.29) is 0 Å². The monoisotopic (exact) mass is 251 g/mol. The van der Waals surface area contributed by atoms with E-state index in [1.165, 1.54) is 7.11 Å². The third-order valence-electron chi connectivity index (χ3n) is 1.82. The number of halogens is 2. The zero-order valence-corrected chi connectivity index (χ0v) is 9.26. The summed E-state index contributed by atoms with van der Waals surface area (Å²) >= 11 is 1.14. The van der Waals surface area contributed by atoms with Gasteiger partial charge in [-0.25, -0.2) is 8.78 Å². The second-order valence-corrected chi connectivity index (χ2v) is 3.85. The van der Waals surface area contributed by atoms with Crippen LogP contribution in [0.25, 0.3) is 0 Å². The first kappa shape index (κ1) is 12.9. The number of rotatable bonds is 5. The molecule has 1 heterocycles. The zero-order valence-electron chi connectivity index (χ0n) is 8.44. The minimum atomic E-state index is -2.87. The second kappa shape index (κ2) is 5.76. The highest BCUT2D eigenvalue weighted by Gasteiger charge is 2.19. The Morgan fingerprint density at radius 2 is 2.38 bits per heavy atom. The number of alkyl halides is 2. The summed E-state index contributed by atoms with van der Waals surface area (Å²) in [4.78, 5) is 11.8. The highest BCUT2D eigenvalue weighted by molar-refractivity contribution is 7.12. The summed E-state index contributed by atoms with van der Waals surface area (Å²) in [5.41, 5.74) is 0. The Labute approximate surface area is 94.8 Å². The molecule has 0 aliphatic carbocycles. The molecule has 0 fully saturated rings. The first-order valence-electron chi connectivity index (χ1n) is 4.42. The highest BCUT2D eigenvalue weighted by Crippen LogP contribution is 2.23. The molecule has 1 aromatic rings. The van der Waals surface area contributed by atoms with Crippen molar-refractivity contribution in [3.05, 3.63) is 16.3 Å². The summed E-state index contributed by atoms with van der Waals surface area (Å²) in [5.74, 6) is -0.152. The molecule has 0 aliphatic heterocycles. The molecule has 1 atom stereocenters. The number of thiophene rings is 1. The van der Waals surface area contributed by atoms with Crippen LogP contribution < -0.4 is 10.1 Å². The van der Waals surface area contributed by atoms with E-state index in [1.54, 1.807) is 11.4 Å². The van der Waals surface area contributed by atoms with E-state index in [0.29, 0.717) is 10.6 Å². The maximum atomic E-state index is 11.9. The number of carbonyl (C=O) groups is 1. The maximum absolute atomic E-state index is 11.9. The van der Waals surface area contributed by atoms with Crippen LogP contribution in [0.15, 0.2) is 11.4 Å². The van der Waals surface area contributed by atoms with Gasteiger partial charge in [0.1, 0.15) is 16.7 Å². The fourth-order valence-corrected chi connectivity index (χ4v) is 1.76. The first-order valence-corrected chi connectivity index (χ1v) is 5.30. The molecule has 90 valence electrons. The van der Waals surface area contributed by atoms with Gasteiger partial charge in [0, 0.05) is 6.54 Å². The van der Waals surface area contributed by atoms with Gasteiger partial charge in [-0.2, -0.15) is 0 Å². The molecule has 4 nitrogen and oxygen atoms in total. The van der Waals surface area contributed by atoms with Crippen LogP contribution in [0.3, 0.4) is 0 Å². The van der Waals surface area contributed by atoms with Crippen molar-refractivity contribution >= 4 is 17.2 Å². The van der Waals surface area contributed by atoms with Crippen LogP contribution in [-0.2, 0) is 0 Å². The number of amides is 1. The largest absolute Gasteiger partial charge is 0.495 e. The number of carbonyl (C=O) groups excluding carboxylic acids is 1. The molecule has 1 rings (SSSR count). The Kier molecular flexibility index (Phi) is 4.63. The number of ether oxygens (including phenoxy) is 1. The fourth-order valence-electron chi connectivity index (χ4n) is 0.990. The standard InChI is InChI=1S/C9H11F2NO3S/c1-15-6-2-3-16-7(6)9(14)12-4-5(13)8(10)11/h2-3,5,8,13H,4H2,1H3,(H,12,14). The van der Waals surface area contributed by atoms with E-state index >= 15 is 0 Å². The van der Waals surface area contributed by atoms with Crippen molar-refractivity contribution < 1.29 is 23.4 Å². The minimum absolute atomic E-state index is 0.295. The zero-order chi connectivity index (χ0) is 12.1. The quantitative estimate of drug-likeness (QED) is 0.824. The Morgan fingerprint density at radius 3 is 2.94 bits per heavy atom. The summed E-state index contributed by atoms with van der Waals surface area (Å²) in [6, 6.07) is 1.60. The number of hydrogen-bond acceptors (Lipinski definition) is 4. The van der Waals surface area contributed by atoms with E-state index in [0.717, 1.165) is 11.3 Å². The van der Waals surface area contributed by atoms with Gasteiger partial charge in [0.05, 0.1) is 7.11 Å². The van der Waals surface area contributed by atoms with Crippen molar-refractivity contribution in [3.8, 4) is 5.75 Å². The van der Waals surface area contributed by atoms with E-state index in [4.69, 9.17) is 9.84 Å². The molecule has 1 aromatic heterocycles. The SMILES string of the molecule is COc1ccsc1C(=O)NCC(O)C(F)F. The van der Waals surface area contributed by atoms with Crippen LogP contribution in [-0.4, -0.2) is 37.2 Å². The van der Waals surface area contributed by atoms with Crippen molar-refractivity contribution in [3.63, 3.8) is 0 Å². The van der Waals surface area contributed by atoms with E-state index in [2.05, 4.69) is 5.32 Å². The minimum Gasteiger partial charge on any atom is -0.495 e. The molecule has 0 aliphatic rings. The molecular weight excluding hydrogens is 240 g/mol. The fraction of sp³-hybridized carbons (Fsp3) is 0.444. The summed E-state index contributed by atoms with van der Waals surface area (Å²) < 4.78 is 28.8. The van der Waals surface area contributed by atoms with Crippen molar-refractivity contribution in [2.24, 2.45) is 0 Å². The van der Waals surface area contributed by atoms with Gasteiger partial charge in [-0.15, -0.1) is 11.3 Å². The highest BCUT2D eigenvalue weighted by atomic mass is 32.1. The molecular formula is C9H11F2NO3S. The van der Waals surface area contributed by atoms with Gasteiger partial charge < -0.3 is 15.2 Å². The predicted octanol–water partition coefficient (Wildman–Crippen LogP) is 1.11. The normalized spacial score (nSPS) is 12.6. The van der Waals surface area contributed by atoms with Crippen molar-refractivity contribution in [1.29, 1.82) is 0 Å². The number of methoxy groups -OCH3 is 1. The van der Waals surface area contributed by atoms with Gasteiger partial charge in [-0.05, 0) is 11.4 Å². The van der Waals surface area contributed by atoms with Crippen LogP contribution in [0.4, 0.5) is 8.78 Å². The van der Waals surface area contributed by atoms with Crippen molar-refractivity contribution in [1.82, 2.24) is 5.32 Å². The van der Waals surface area contributed by atoms with E-state index < -0.39 is 25.0 Å². The van der Waals surface area contributed by atoms with Crippen LogP contribution in [0, 0.1) is 0 Å². The lowest BCUT2D eigenvalue weighted by Gasteiger charge is -2.10. The van der Waals surface area contributed by atoms with E-state index in [1.807, 2.05) is 0 Å². The molecule has 7 heteroatoms. The lowest BCUT2D eigenvalue weighted by molar-refractivity contribution is -0.00269. The van der Waals surface area contributed by atoms with Crippen molar-refractivity contribution in [2.45, 2.75) is 12.5 Å². The summed E-state index contributed by atoms with van der Waals surface area (Å²) in [5, 5.41) is 12.7. The molecule has 0 bridgehead atoms. The van der Waals surface area contributed by atoms with Crippen LogP contribution >= 0.6 is 11.3 Å². The Hall–Kier alpha value is -1.21. The first-order chi connectivity index (χ1) is 7.56. The van der Waals surface area contributed by atoms with Crippen LogP contribution in [0.2, 0.25) is 0 Å². The molecule has 0 spiro atoms. The second-order valence-electron chi connectivity index (χ2n) is 2.93. The summed E-state index contributed by atoms with van der Waals surface area (Å²) in [7, 11) is 1.41. The van der Waals surface area contributed by atoms with Gasteiger partial charge in [-0.1, -0.05) is 0 Å². The molecule has 0 saturated carbocycles. The van der Waals surface area contributed by atoms with Crippen LogP contribution in [0.1, 0.15) is 9.67 Å². The third-order valence-corrected chi connectivity index (χ3v) is 2.71. The number of hydrogen-bond donors (Lipinski definition) is 2. The van der Waals surface area contributed by atoms with Crippen molar-refractivity contribution in [2.75, 3.05) is 13.7 Å². The summed E-state index contributed by atoms with van der Waals surface area (Å²) in [6.45, 7) is -0.489. The third kappa shape index (κ3) is 3.14. The number of nitrogens with one attached hydrogen (secondary N) is 1. The van der Waals surface area contributed by atoms with Gasteiger partial charge in [0.2, 0.25) is 0 Å². The topological polar surface area (TPSA) is 58.6 Å². The maximum Gasteiger partial charge on any atom is 0.265 e. The molecule has 16 heavy (non-hydrogen) atoms. The molecule has 0 saturated heterocycles. The average Bonchev–Trinajstić information content (AvgIpc) is 2.73. The van der Waals surface area contributed by atoms with Crippen LogP contribution in [0.5, 0.6) is 5.75 Å². The summed E-state index contributed by atoms with van der Waals surface area (Å²) in [6.07, 6.45) is -4.72. The lowest BCUT2D eigenvalue weighted by Crippen LogP contribution is -2.35. The lowest BCUT2D eigenvalue weighted by atomic mass is 10.3. The molecule has 0 radical (unpaired) electrons. The van der Waals surface area contributed by atoms with E-state index in [9.17, 15) is 13.6 Å². The van der Waals surface area contributed by atoms with Gasteiger partial charge in [0.15, 0.2) is 0 Å². The Bertz CT molecular complexity index is 356. The average molecular weight is 251 g/mol. The molecule has 2 N–H and O–H groups in total. The van der Waals surface area contributed by atoms with Gasteiger partial charge in [0.25, 0.3) is 12.3 Å². The predicted molar refractivity (Wildman–Crippen MR) is 55.2 cm³/mol. The van der Waals surface area contributed by atoms with Gasteiger partial charge >= 0.3 is 0 Å². The Balaban J connectivity index is 2.53. The smallest absolute Gasteiger partial charge is 0.265 e. The molecule has 1 amide bonds. The molecule has 1 unspecified atom stereocenters. The number of aliphatic hydroxyl groups excluding tert-OH is 1. The Morgan fingerprint density at radius 1 is 1.69 bits per heavy atom. The van der Waals surface area contributed by atoms with Gasteiger partial charge in [-0.3, -0.25) is 4.79 Å². The molecule has 0 aromatic carbocycles. The number of aliphatic hydroxyl groups is 1.